The molecule has 0 rings (SSSR count). The molecule has 0 aromatic carbocycles. The first kappa shape index (κ1) is 11.1. The number of esters is 1. The Bertz CT molecular complexity index is 164. The second kappa shape index (κ2) is 5.71. The molecule has 0 aliphatic heterocycles. The fourth-order valence-electron chi connectivity index (χ4n) is 0.599. The standard InChI is InChI=1S/C8H14O4/c1-6(10)3-4-8(11)12-7(2)5-9/h7,9H,3-5H2,1-2H3. The van der Waals surface area contributed by atoms with Crippen LogP contribution in [-0.2, 0) is 14.3 Å². The lowest BCUT2D eigenvalue weighted by Crippen LogP contribution is -2.18. The van der Waals surface area contributed by atoms with Crippen LogP contribution in [0.4, 0.5) is 0 Å². The van der Waals surface area contributed by atoms with Gasteiger partial charge in [-0.2, -0.15) is 0 Å². The highest BCUT2D eigenvalue weighted by atomic mass is 16.5. The van der Waals surface area contributed by atoms with Crippen LogP contribution in [0.1, 0.15) is 26.7 Å². The third kappa shape index (κ3) is 5.85. The van der Waals surface area contributed by atoms with E-state index in [1.165, 1.54) is 6.92 Å². The van der Waals surface area contributed by atoms with Gasteiger partial charge in [-0.25, -0.2) is 0 Å². The lowest BCUT2D eigenvalue weighted by molar-refractivity contribution is -0.150. The maximum atomic E-state index is 10.8. The summed E-state index contributed by atoms with van der Waals surface area (Å²) in [5.74, 6) is -0.477. The van der Waals surface area contributed by atoms with Gasteiger partial charge in [0.1, 0.15) is 11.9 Å². The summed E-state index contributed by atoms with van der Waals surface area (Å²) in [5.41, 5.74) is 0. The minimum absolute atomic E-state index is 0.0383. The van der Waals surface area contributed by atoms with Gasteiger partial charge < -0.3 is 14.6 Å². The zero-order chi connectivity index (χ0) is 9.56. The summed E-state index contributed by atoms with van der Waals surface area (Å²) in [5, 5.41) is 8.52. The van der Waals surface area contributed by atoms with Crippen molar-refractivity contribution in [1.29, 1.82) is 0 Å². The number of carbonyl (C=O) groups is 2. The number of aliphatic hydroxyl groups is 1. The van der Waals surface area contributed by atoms with E-state index in [-0.39, 0.29) is 25.2 Å². The summed E-state index contributed by atoms with van der Waals surface area (Å²) >= 11 is 0. The van der Waals surface area contributed by atoms with Gasteiger partial charge in [0.15, 0.2) is 0 Å². The monoisotopic (exact) mass is 174 g/mol. The number of hydrogen-bond donors (Lipinski definition) is 1. The number of ketones is 1. The Balaban J connectivity index is 3.53. The van der Waals surface area contributed by atoms with E-state index in [1.807, 2.05) is 0 Å². The molecule has 0 spiro atoms. The molecule has 0 radical (unpaired) electrons. The molecule has 0 bridgehead atoms. The minimum Gasteiger partial charge on any atom is -0.460 e. The fourth-order valence-corrected chi connectivity index (χ4v) is 0.599. The Morgan fingerprint density at radius 1 is 1.42 bits per heavy atom. The highest BCUT2D eigenvalue weighted by Gasteiger charge is 2.08. The molecule has 4 heteroatoms. The largest absolute Gasteiger partial charge is 0.460 e. The van der Waals surface area contributed by atoms with Crippen LogP contribution in [0.3, 0.4) is 0 Å². The van der Waals surface area contributed by atoms with Crippen molar-refractivity contribution in [2.75, 3.05) is 6.61 Å². The van der Waals surface area contributed by atoms with Crippen molar-refractivity contribution < 1.29 is 19.4 Å². The van der Waals surface area contributed by atoms with Gasteiger partial charge in [-0.1, -0.05) is 0 Å². The van der Waals surface area contributed by atoms with Gasteiger partial charge >= 0.3 is 5.97 Å². The lowest BCUT2D eigenvalue weighted by atomic mass is 10.2. The molecule has 0 aromatic rings. The van der Waals surface area contributed by atoms with Crippen molar-refractivity contribution in [3.63, 3.8) is 0 Å². The van der Waals surface area contributed by atoms with E-state index in [1.54, 1.807) is 6.92 Å². The lowest BCUT2D eigenvalue weighted by Gasteiger charge is -2.08. The molecular formula is C8H14O4. The van der Waals surface area contributed by atoms with Crippen LogP contribution in [0, 0.1) is 0 Å². The van der Waals surface area contributed by atoms with Crippen LogP contribution in [0.5, 0.6) is 0 Å². The number of Topliss-reactive ketones (excluding diaryl/α,β-unsaturated/α-hetero) is 1. The molecule has 0 aliphatic carbocycles. The number of aliphatic hydroxyl groups excluding tert-OH is 1. The zero-order valence-corrected chi connectivity index (χ0v) is 7.37. The van der Waals surface area contributed by atoms with E-state index in [2.05, 4.69) is 0 Å². The number of hydrogen-bond acceptors (Lipinski definition) is 4. The van der Waals surface area contributed by atoms with E-state index in [4.69, 9.17) is 9.84 Å². The second-order valence-corrected chi connectivity index (χ2v) is 2.69. The summed E-state index contributed by atoms with van der Waals surface area (Å²) in [6.45, 7) is 2.82. The molecule has 70 valence electrons. The van der Waals surface area contributed by atoms with Gasteiger partial charge in [0.2, 0.25) is 0 Å². The van der Waals surface area contributed by atoms with E-state index < -0.39 is 12.1 Å². The average molecular weight is 174 g/mol. The summed E-state index contributed by atoms with van der Waals surface area (Å²) in [6.07, 6.45) is -0.180. The molecule has 12 heavy (non-hydrogen) atoms. The predicted molar refractivity (Wildman–Crippen MR) is 42.6 cm³/mol. The normalized spacial score (nSPS) is 12.2. The summed E-state index contributed by atoms with van der Waals surface area (Å²) in [6, 6.07) is 0. The molecule has 0 aliphatic rings. The van der Waals surface area contributed by atoms with E-state index in [0.29, 0.717) is 0 Å². The molecule has 0 saturated carbocycles. The average Bonchev–Trinajstić information content (AvgIpc) is 2.00. The molecule has 1 unspecified atom stereocenters. The summed E-state index contributed by atoms with van der Waals surface area (Å²) in [4.78, 5) is 21.3. The van der Waals surface area contributed by atoms with Gasteiger partial charge in [-0.05, 0) is 13.8 Å². The van der Waals surface area contributed by atoms with Gasteiger partial charge in [0, 0.05) is 6.42 Å². The third-order valence-corrected chi connectivity index (χ3v) is 1.27. The highest BCUT2D eigenvalue weighted by Crippen LogP contribution is 1.97. The Kier molecular flexibility index (Phi) is 5.28. The van der Waals surface area contributed by atoms with Crippen LogP contribution < -0.4 is 0 Å². The van der Waals surface area contributed by atoms with Crippen LogP contribution in [0.15, 0.2) is 0 Å². The molecule has 1 N–H and O–H groups in total. The summed E-state index contributed by atoms with van der Waals surface area (Å²) in [7, 11) is 0. The molecule has 4 nitrogen and oxygen atoms in total. The molecule has 0 heterocycles. The van der Waals surface area contributed by atoms with Crippen molar-refractivity contribution in [3.05, 3.63) is 0 Å². The van der Waals surface area contributed by atoms with Crippen LogP contribution in [-0.4, -0.2) is 29.6 Å². The number of carbonyl (C=O) groups excluding carboxylic acids is 2. The van der Waals surface area contributed by atoms with Crippen molar-refractivity contribution >= 4 is 11.8 Å². The Hall–Kier alpha value is -0.900. The molecule has 0 fully saturated rings. The van der Waals surface area contributed by atoms with Crippen molar-refractivity contribution in [1.82, 2.24) is 0 Å². The SMILES string of the molecule is CC(=O)CCC(=O)OC(C)CO. The smallest absolute Gasteiger partial charge is 0.306 e. The van der Waals surface area contributed by atoms with Gasteiger partial charge in [0.05, 0.1) is 13.0 Å². The van der Waals surface area contributed by atoms with Crippen molar-refractivity contribution in [2.24, 2.45) is 0 Å². The van der Waals surface area contributed by atoms with Crippen molar-refractivity contribution in [2.45, 2.75) is 32.8 Å². The zero-order valence-electron chi connectivity index (χ0n) is 7.37. The van der Waals surface area contributed by atoms with Crippen LogP contribution >= 0.6 is 0 Å². The molecule has 0 amide bonds. The topological polar surface area (TPSA) is 63.6 Å². The second-order valence-electron chi connectivity index (χ2n) is 2.69. The Morgan fingerprint density at radius 2 is 2.00 bits per heavy atom. The first-order valence-electron chi connectivity index (χ1n) is 3.86. The number of ether oxygens (including phenoxy) is 1. The molecule has 0 aromatic heterocycles. The Morgan fingerprint density at radius 3 is 2.42 bits per heavy atom. The minimum atomic E-state index is -0.482. The highest BCUT2D eigenvalue weighted by molar-refractivity contribution is 5.80. The number of rotatable bonds is 5. The van der Waals surface area contributed by atoms with Gasteiger partial charge in [-0.3, -0.25) is 4.79 Å². The molecular weight excluding hydrogens is 160 g/mol. The van der Waals surface area contributed by atoms with Gasteiger partial charge in [0.25, 0.3) is 0 Å². The van der Waals surface area contributed by atoms with E-state index in [0.717, 1.165) is 0 Å². The first-order chi connectivity index (χ1) is 5.56. The van der Waals surface area contributed by atoms with Crippen LogP contribution in [0.25, 0.3) is 0 Å². The Labute approximate surface area is 71.5 Å². The predicted octanol–water partition coefficient (Wildman–Crippen LogP) is 0.280. The fraction of sp³-hybridized carbons (Fsp3) is 0.750. The van der Waals surface area contributed by atoms with E-state index in [9.17, 15) is 9.59 Å². The first-order valence-corrected chi connectivity index (χ1v) is 3.86. The van der Waals surface area contributed by atoms with Gasteiger partial charge in [-0.15, -0.1) is 0 Å². The quantitative estimate of drug-likeness (QED) is 0.608. The summed E-state index contributed by atoms with van der Waals surface area (Å²) < 4.78 is 4.71. The maximum absolute atomic E-state index is 10.8. The maximum Gasteiger partial charge on any atom is 0.306 e. The molecule has 0 saturated heterocycles. The third-order valence-electron chi connectivity index (χ3n) is 1.27. The van der Waals surface area contributed by atoms with E-state index >= 15 is 0 Å². The van der Waals surface area contributed by atoms with Crippen LogP contribution in [0.2, 0.25) is 0 Å². The van der Waals surface area contributed by atoms with Crippen molar-refractivity contribution in [3.8, 4) is 0 Å². The molecule has 1 atom stereocenters.